The number of terminal acetylenes is 1. The van der Waals surface area contributed by atoms with Gasteiger partial charge in [0.05, 0.1) is 0 Å². The third-order valence-electron chi connectivity index (χ3n) is 0.138. The first-order valence-corrected chi connectivity index (χ1v) is 1.97. The third-order valence-corrected chi connectivity index (χ3v) is 0.449. The summed E-state index contributed by atoms with van der Waals surface area (Å²) >= 11 is 1.74. The quantitative estimate of drug-likeness (QED) is 0.434. The van der Waals surface area contributed by atoms with Gasteiger partial charge in [0.25, 0.3) is 0 Å². The molecular formula is C3H3IO. The van der Waals surface area contributed by atoms with E-state index in [2.05, 4.69) is 8.99 Å². The molecule has 28 valence electrons. The van der Waals surface area contributed by atoms with Gasteiger partial charge in [-0.15, -0.1) is 6.42 Å². The maximum absolute atomic E-state index is 4.76. The van der Waals surface area contributed by atoms with E-state index in [4.69, 9.17) is 6.42 Å². The van der Waals surface area contributed by atoms with E-state index in [-0.39, 0.29) is 0 Å². The van der Waals surface area contributed by atoms with E-state index in [1.807, 2.05) is 0 Å². The van der Waals surface area contributed by atoms with Crippen molar-refractivity contribution >= 4 is 23.0 Å². The van der Waals surface area contributed by atoms with Crippen molar-refractivity contribution in [2.24, 2.45) is 0 Å². The first-order chi connectivity index (χ1) is 2.41. The maximum Gasteiger partial charge on any atom is 0.119 e. The van der Waals surface area contributed by atoms with Crippen molar-refractivity contribution in [3.8, 4) is 12.3 Å². The fourth-order valence-corrected chi connectivity index (χ4v) is 0.211. The smallest absolute Gasteiger partial charge is 0.119 e. The van der Waals surface area contributed by atoms with E-state index in [0.717, 1.165) is 0 Å². The summed E-state index contributed by atoms with van der Waals surface area (Å²) < 4.78 is 4.42. The molecule has 5 heavy (non-hydrogen) atoms. The summed E-state index contributed by atoms with van der Waals surface area (Å²) in [5.74, 6) is 2.29. The van der Waals surface area contributed by atoms with Crippen LogP contribution in [-0.2, 0) is 3.07 Å². The van der Waals surface area contributed by atoms with Gasteiger partial charge in [-0.2, -0.15) is 0 Å². The second-order valence-electron chi connectivity index (χ2n) is 0.458. The number of hydrogen-bond acceptors (Lipinski definition) is 1. The molecule has 0 unspecified atom stereocenters. The summed E-state index contributed by atoms with van der Waals surface area (Å²) in [6.45, 7) is 0.403. The van der Waals surface area contributed by atoms with Crippen molar-refractivity contribution in [3.63, 3.8) is 0 Å². The van der Waals surface area contributed by atoms with Crippen LogP contribution in [0.15, 0.2) is 0 Å². The molecule has 0 aromatic rings. The Bertz CT molecular complexity index is 45.3. The van der Waals surface area contributed by atoms with E-state index in [0.29, 0.717) is 6.61 Å². The Morgan fingerprint density at radius 1 is 2.00 bits per heavy atom. The highest BCUT2D eigenvalue weighted by Crippen LogP contribution is 1.78. The van der Waals surface area contributed by atoms with Crippen molar-refractivity contribution in [3.05, 3.63) is 0 Å². The first kappa shape index (κ1) is 5.25. The molecule has 0 aromatic carbocycles. The number of halogens is 1. The molecule has 0 spiro atoms. The molecule has 0 fully saturated rings. The highest BCUT2D eigenvalue weighted by Gasteiger charge is 1.60. The van der Waals surface area contributed by atoms with Crippen LogP contribution in [-0.4, -0.2) is 6.61 Å². The highest BCUT2D eigenvalue weighted by molar-refractivity contribution is 14.1. The van der Waals surface area contributed by atoms with E-state index in [9.17, 15) is 0 Å². The molecule has 0 radical (unpaired) electrons. The Morgan fingerprint density at radius 3 is 2.60 bits per heavy atom. The monoisotopic (exact) mass is 182 g/mol. The van der Waals surface area contributed by atoms with Crippen molar-refractivity contribution in [1.82, 2.24) is 0 Å². The molecule has 0 bridgehead atoms. The average molecular weight is 182 g/mol. The van der Waals surface area contributed by atoms with Crippen molar-refractivity contribution in [2.75, 3.05) is 6.61 Å². The molecule has 0 atom stereocenters. The van der Waals surface area contributed by atoms with Crippen molar-refractivity contribution < 1.29 is 3.07 Å². The van der Waals surface area contributed by atoms with E-state index in [1.165, 1.54) is 0 Å². The lowest BCUT2D eigenvalue weighted by Gasteiger charge is -1.72. The third kappa shape index (κ3) is 4.25. The van der Waals surface area contributed by atoms with Gasteiger partial charge in [-0.05, 0) is 0 Å². The van der Waals surface area contributed by atoms with Gasteiger partial charge >= 0.3 is 0 Å². The summed E-state index contributed by atoms with van der Waals surface area (Å²) in [5.41, 5.74) is 0. The standard InChI is InChI=1S/C3H3IO/c1-2-3-5-4/h1H,3H2. The van der Waals surface area contributed by atoms with Crippen LogP contribution in [0.3, 0.4) is 0 Å². The molecule has 0 aliphatic carbocycles. The number of hydrogen-bond donors (Lipinski definition) is 0. The van der Waals surface area contributed by atoms with Gasteiger partial charge in [0, 0.05) is 0 Å². The maximum atomic E-state index is 4.76. The second-order valence-corrected chi connectivity index (χ2v) is 1.08. The van der Waals surface area contributed by atoms with Gasteiger partial charge < -0.3 is 3.07 Å². The predicted molar refractivity (Wildman–Crippen MR) is 28.8 cm³/mol. The van der Waals surface area contributed by atoms with Gasteiger partial charge in [0.1, 0.15) is 29.6 Å². The lowest BCUT2D eigenvalue weighted by atomic mass is 10.8. The Balaban J connectivity index is 2.48. The van der Waals surface area contributed by atoms with Crippen LogP contribution in [0.25, 0.3) is 0 Å². The molecule has 0 amide bonds. The minimum Gasteiger partial charge on any atom is -0.303 e. The summed E-state index contributed by atoms with van der Waals surface area (Å²) in [6.07, 6.45) is 4.76. The van der Waals surface area contributed by atoms with Gasteiger partial charge in [0.2, 0.25) is 0 Å². The first-order valence-electron chi connectivity index (χ1n) is 1.09. The van der Waals surface area contributed by atoms with Crippen LogP contribution >= 0.6 is 23.0 Å². The lowest BCUT2D eigenvalue weighted by Crippen LogP contribution is -1.69. The molecule has 0 saturated heterocycles. The zero-order valence-corrected chi connectivity index (χ0v) is 4.73. The second kappa shape index (κ2) is 4.25. The summed E-state index contributed by atoms with van der Waals surface area (Å²) in [7, 11) is 0. The van der Waals surface area contributed by atoms with Crippen LogP contribution in [0, 0.1) is 12.3 Å². The highest BCUT2D eigenvalue weighted by atomic mass is 127. The molecule has 0 aromatic heterocycles. The number of rotatable bonds is 1. The van der Waals surface area contributed by atoms with Crippen LogP contribution < -0.4 is 0 Å². The van der Waals surface area contributed by atoms with E-state index >= 15 is 0 Å². The van der Waals surface area contributed by atoms with Crippen molar-refractivity contribution in [1.29, 1.82) is 0 Å². The largest absolute Gasteiger partial charge is 0.303 e. The van der Waals surface area contributed by atoms with Crippen LogP contribution in [0.2, 0.25) is 0 Å². The van der Waals surface area contributed by atoms with Crippen molar-refractivity contribution in [2.45, 2.75) is 0 Å². The Hall–Kier alpha value is 0.250. The topological polar surface area (TPSA) is 9.23 Å². The summed E-state index contributed by atoms with van der Waals surface area (Å²) in [4.78, 5) is 0. The van der Waals surface area contributed by atoms with Gasteiger partial charge in [-0.25, -0.2) is 0 Å². The minimum atomic E-state index is 0.403. The minimum absolute atomic E-state index is 0.403. The molecule has 0 rings (SSSR count). The molecule has 0 heterocycles. The Morgan fingerprint density at radius 2 is 2.60 bits per heavy atom. The molecule has 0 saturated carbocycles. The lowest BCUT2D eigenvalue weighted by molar-refractivity contribution is 0.499. The zero-order chi connectivity index (χ0) is 4.12. The van der Waals surface area contributed by atoms with Crippen LogP contribution in [0.4, 0.5) is 0 Å². The van der Waals surface area contributed by atoms with E-state index in [1.54, 1.807) is 23.0 Å². The van der Waals surface area contributed by atoms with Crippen LogP contribution in [0.1, 0.15) is 0 Å². The predicted octanol–water partition coefficient (Wildman–Crippen LogP) is 0.986. The fraction of sp³-hybridized carbons (Fsp3) is 0.333. The zero-order valence-electron chi connectivity index (χ0n) is 2.57. The Labute approximate surface area is 45.4 Å². The fourth-order valence-electron chi connectivity index (χ4n) is 0.0315. The Kier molecular flexibility index (Phi) is 4.46. The van der Waals surface area contributed by atoms with Gasteiger partial charge in [-0.1, -0.05) is 5.92 Å². The summed E-state index contributed by atoms with van der Waals surface area (Å²) in [6, 6.07) is 0. The van der Waals surface area contributed by atoms with Gasteiger partial charge in [-0.3, -0.25) is 0 Å². The molecule has 2 heteroatoms. The van der Waals surface area contributed by atoms with Crippen LogP contribution in [0.5, 0.6) is 0 Å². The molecule has 0 aliphatic heterocycles. The van der Waals surface area contributed by atoms with Gasteiger partial charge in [0.15, 0.2) is 0 Å². The molecular weight excluding hydrogens is 179 g/mol. The molecule has 1 nitrogen and oxygen atoms in total. The SMILES string of the molecule is C#CCOI. The van der Waals surface area contributed by atoms with E-state index < -0.39 is 0 Å². The summed E-state index contributed by atoms with van der Waals surface area (Å²) in [5, 5.41) is 0. The molecule has 0 aliphatic rings. The average Bonchev–Trinajstić information content (AvgIpc) is 1.41. The normalized spacial score (nSPS) is 6.40. The molecule has 0 N–H and O–H groups in total.